The maximum absolute atomic E-state index is 3.44. The molecule has 0 bridgehead atoms. The lowest BCUT2D eigenvalue weighted by Gasteiger charge is -2.30. The van der Waals surface area contributed by atoms with Crippen molar-refractivity contribution in [2.24, 2.45) is 5.41 Å². The molecule has 15 heavy (non-hydrogen) atoms. The van der Waals surface area contributed by atoms with Crippen molar-refractivity contribution in [3.8, 4) is 0 Å². The fourth-order valence-electron chi connectivity index (χ4n) is 1.88. The third-order valence-corrected chi connectivity index (χ3v) is 3.87. The van der Waals surface area contributed by atoms with Crippen molar-refractivity contribution < 1.29 is 0 Å². The van der Waals surface area contributed by atoms with Crippen LogP contribution < -0.4 is 5.32 Å². The Hall–Kier alpha value is 0.310. The summed E-state index contributed by atoms with van der Waals surface area (Å²) in [4.78, 5) is 0. The van der Waals surface area contributed by atoms with Crippen molar-refractivity contribution in [3.05, 3.63) is 0 Å². The Morgan fingerprint density at radius 1 is 1.13 bits per heavy atom. The molecule has 1 N–H and O–H groups in total. The summed E-state index contributed by atoms with van der Waals surface area (Å²) in [5.41, 5.74) is 0.396. The van der Waals surface area contributed by atoms with Gasteiger partial charge in [-0.05, 0) is 36.8 Å². The van der Waals surface area contributed by atoms with Crippen LogP contribution in [0, 0.1) is 5.41 Å². The van der Waals surface area contributed by atoms with Crippen LogP contribution in [0.3, 0.4) is 0 Å². The highest BCUT2D eigenvalue weighted by Crippen LogP contribution is 2.23. The van der Waals surface area contributed by atoms with Crippen molar-refractivity contribution in [2.75, 3.05) is 18.6 Å². The Balaban J connectivity index is 3.48. The molecule has 1 nitrogen and oxygen atoms in total. The summed E-state index contributed by atoms with van der Waals surface area (Å²) in [5, 5.41) is 3.44. The van der Waals surface area contributed by atoms with Crippen LogP contribution in [0.15, 0.2) is 0 Å². The second kappa shape index (κ2) is 8.46. The molecular formula is C13H29NS. The highest BCUT2D eigenvalue weighted by molar-refractivity contribution is 7.99. The first-order valence-electron chi connectivity index (χ1n) is 6.27. The molecule has 0 amide bonds. The summed E-state index contributed by atoms with van der Waals surface area (Å²) in [6.07, 6.45) is 5.46. The van der Waals surface area contributed by atoms with E-state index in [4.69, 9.17) is 0 Å². The molecule has 0 spiro atoms. The van der Waals surface area contributed by atoms with Crippen LogP contribution in [0.2, 0.25) is 0 Å². The maximum Gasteiger partial charge on any atom is 0.0113 e. The molecule has 0 aliphatic heterocycles. The zero-order valence-electron chi connectivity index (χ0n) is 11.2. The van der Waals surface area contributed by atoms with Crippen molar-refractivity contribution in [3.63, 3.8) is 0 Å². The predicted molar refractivity (Wildman–Crippen MR) is 73.8 cm³/mol. The van der Waals surface area contributed by atoms with Crippen LogP contribution in [0.1, 0.15) is 53.4 Å². The number of hydrogen-bond donors (Lipinski definition) is 1. The highest BCUT2D eigenvalue weighted by Gasteiger charge is 2.21. The van der Waals surface area contributed by atoms with Gasteiger partial charge in [0.1, 0.15) is 0 Å². The van der Waals surface area contributed by atoms with Gasteiger partial charge in [-0.2, -0.15) is 11.8 Å². The van der Waals surface area contributed by atoms with Gasteiger partial charge in [0.2, 0.25) is 0 Å². The third-order valence-electron chi connectivity index (χ3n) is 2.88. The molecule has 0 aliphatic rings. The summed E-state index contributed by atoms with van der Waals surface area (Å²) in [7, 11) is 2.09. The minimum Gasteiger partial charge on any atom is -0.316 e. The fraction of sp³-hybridized carbons (Fsp3) is 1.00. The first-order valence-corrected chi connectivity index (χ1v) is 7.42. The van der Waals surface area contributed by atoms with Crippen LogP contribution in [0.5, 0.6) is 0 Å². The Labute approximate surface area is 101 Å². The first kappa shape index (κ1) is 15.3. The normalized spacial score (nSPS) is 14.2. The number of nitrogens with one attached hydrogen (secondary N) is 1. The van der Waals surface area contributed by atoms with E-state index in [1.165, 1.54) is 37.2 Å². The lowest BCUT2D eigenvalue weighted by atomic mass is 9.84. The summed E-state index contributed by atoms with van der Waals surface area (Å²) < 4.78 is 0. The molecule has 0 saturated carbocycles. The van der Waals surface area contributed by atoms with E-state index in [1.54, 1.807) is 0 Å². The number of rotatable bonds is 8. The molecule has 0 rings (SSSR count). The van der Waals surface area contributed by atoms with E-state index in [0.29, 0.717) is 11.5 Å². The van der Waals surface area contributed by atoms with Crippen molar-refractivity contribution in [1.29, 1.82) is 0 Å². The van der Waals surface area contributed by atoms with E-state index < -0.39 is 0 Å². The summed E-state index contributed by atoms with van der Waals surface area (Å²) in [6.45, 7) is 9.20. The number of hydrogen-bond acceptors (Lipinski definition) is 2. The van der Waals surface area contributed by atoms with Gasteiger partial charge in [-0.1, -0.05) is 40.5 Å². The zero-order valence-corrected chi connectivity index (χ0v) is 12.0. The van der Waals surface area contributed by atoms with Crippen LogP contribution in [-0.4, -0.2) is 24.6 Å². The second-order valence-electron chi connectivity index (χ2n) is 5.25. The Kier molecular flexibility index (Phi) is 8.64. The smallest absolute Gasteiger partial charge is 0.0113 e. The molecular weight excluding hydrogens is 202 g/mol. The molecule has 0 aliphatic carbocycles. The minimum absolute atomic E-state index is 0.396. The molecule has 0 aromatic heterocycles. The molecule has 0 fully saturated rings. The van der Waals surface area contributed by atoms with Gasteiger partial charge in [0.05, 0.1) is 0 Å². The quantitative estimate of drug-likeness (QED) is 0.635. The van der Waals surface area contributed by atoms with E-state index in [2.05, 4.69) is 51.8 Å². The van der Waals surface area contributed by atoms with Gasteiger partial charge in [-0.15, -0.1) is 0 Å². The van der Waals surface area contributed by atoms with E-state index in [9.17, 15) is 0 Å². The van der Waals surface area contributed by atoms with Gasteiger partial charge in [-0.25, -0.2) is 0 Å². The molecule has 1 atom stereocenters. The Morgan fingerprint density at radius 3 is 2.27 bits per heavy atom. The van der Waals surface area contributed by atoms with Gasteiger partial charge in [0.25, 0.3) is 0 Å². The van der Waals surface area contributed by atoms with Crippen LogP contribution in [0.25, 0.3) is 0 Å². The largest absolute Gasteiger partial charge is 0.316 e. The summed E-state index contributed by atoms with van der Waals surface area (Å²) in [5.74, 6) is 2.61. The van der Waals surface area contributed by atoms with E-state index in [-0.39, 0.29) is 0 Å². The first-order chi connectivity index (χ1) is 7.02. The molecule has 0 aromatic rings. The average molecular weight is 231 g/mol. The maximum atomic E-state index is 3.44. The fourth-order valence-corrected chi connectivity index (χ4v) is 2.58. The molecule has 0 aromatic carbocycles. The number of unbranched alkanes of at least 4 members (excludes halogenated alkanes) is 2. The minimum atomic E-state index is 0.396. The van der Waals surface area contributed by atoms with Crippen LogP contribution in [-0.2, 0) is 0 Å². The van der Waals surface area contributed by atoms with Crippen LogP contribution in [0.4, 0.5) is 0 Å². The average Bonchev–Trinajstić information content (AvgIpc) is 2.15. The molecule has 0 radical (unpaired) electrons. The van der Waals surface area contributed by atoms with Gasteiger partial charge in [0, 0.05) is 6.04 Å². The summed E-state index contributed by atoms with van der Waals surface area (Å²) >= 11 is 2.06. The van der Waals surface area contributed by atoms with Gasteiger partial charge >= 0.3 is 0 Å². The molecule has 92 valence electrons. The highest BCUT2D eigenvalue weighted by atomic mass is 32.2. The zero-order chi connectivity index (χ0) is 11.7. The Bertz CT molecular complexity index is 140. The Morgan fingerprint density at radius 2 is 1.80 bits per heavy atom. The molecule has 0 heterocycles. The predicted octanol–water partition coefficient (Wildman–Crippen LogP) is 3.93. The number of thioether (sulfide) groups is 1. The standard InChI is InChI=1S/C13H29NS/c1-6-15-11-9-7-8-10-12(14-5)13(2,3)4/h12,14H,6-11H2,1-5H3. The van der Waals surface area contributed by atoms with E-state index in [0.717, 1.165) is 0 Å². The molecule has 1 unspecified atom stereocenters. The second-order valence-corrected chi connectivity index (χ2v) is 6.65. The van der Waals surface area contributed by atoms with E-state index >= 15 is 0 Å². The lowest BCUT2D eigenvalue weighted by Crippen LogP contribution is -2.37. The van der Waals surface area contributed by atoms with Gasteiger partial charge in [0.15, 0.2) is 0 Å². The molecule has 0 saturated heterocycles. The third kappa shape index (κ3) is 8.15. The lowest BCUT2D eigenvalue weighted by molar-refractivity contribution is 0.262. The van der Waals surface area contributed by atoms with Gasteiger partial charge in [-0.3, -0.25) is 0 Å². The van der Waals surface area contributed by atoms with Crippen molar-refractivity contribution >= 4 is 11.8 Å². The van der Waals surface area contributed by atoms with Crippen molar-refractivity contribution in [2.45, 2.75) is 59.4 Å². The van der Waals surface area contributed by atoms with Crippen LogP contribution >= 0.6 is 11.8 Å². The van der Waals surface area contributed by atoms with E-state index in [1.807, 2.05) is 0 Å². The topological polar surface area (TPSA) is 12.0 Å². The summed E-state index contributed by atoms with van der Waals surface area (Å²) in [6, 6.07) is 0.663. The monoisotopic (exact) mass is 231 g/mol. The SMILES string of the molecule is CCSCCCCCC(NC)C(C)(C)C. The molecule has 2 heteroatoms. The van der Waals surface area contributed by atoms with Gasteiger partial charge < -0.3 is 5.32 Å². The van der Waals surface area contributed by atoms with Crippen molar-refractivity contribution in [1.82, 2.24) is 5.32 Å².